The number of benzene rings is 1. The second-order valence-electron chi connectivity index (χ2n) is 4.20. The largest absolute Gasteiger partial charge is 0.476 e. The number of hydrogen-bond acceptors (Lipinski definition) is 3. The molecule has 2 aromatic heterocycles. The highest BCUT2D eigenvalue weighted by molar-refractivity contribution is 6.31. The minimum atomic E-state index is -1.12. The first-order valence-electron chi connectivity index (χ1n) is 5.51. The monoisotopic (exact) mass is 276 g/mol. The van der Waals surface area contributed by atoms with Gasteiger partial charge < -0.3 is 14.2 Å². The van der Waals surface area contributed by atoms with Crippen molar-refractivity contribution in [2.45, 2.75) is 0 Å². The molecule has 0 radical (unpaired) electrons. The van der Waals surface area contributed by atoms with E-state index >= 15 is 0 Å². The number of rotatable bonds is 2. The Labute approximate surface area is 113 Å². The predicted molar refractivity (Wildman–Crippen MR) is 70.4 cm³/mol. The van der Waals surface area contributed by atoms with Crippen LogP contribution in [0.3, 0.4) is 0 Å². The molecule has 0 atom stereocenters. The lowest BCUT2D eigenvalue weighted by molar-refractivity contribution is 0.0686. The highest BCUT2D eigenvalue weighted by Gasteiger charge is 2.16. The molecule has 1 aromatic carbocycles. The Morgan fingerprint density at radius 2 is 2.21 bits per heavy atom. The van der Waals surface area contributed by atoms with E-state index in [2.05, 4.69) is 5.16 Å². The maximum absolute atomic E-state index is 10.8. The van der Waals surface area contributed by atoms with E-state index in [0.717, 1.165) is 16.5 Å². The molecule has 0 amide bonds. The van der Waals surface area contributed by atoms with Gasteiger partial charge in [-0.3, -0.25) is 0 Å². The number of nitrogens with zero attached hydrogens (tertiary/aromatic N) is 2. The fourth-order valence-electron chi connectivity index (χ4n) is 2.06. The van der Waals surface area contributed by atoms with Gasteiger partial charge in [0.2, 0.25) is 0 Å². The molecule has 1 N–H and O–H groups in total. The van der Waals surface area contributed by atoms with Gasteiger partial charge in [-0.1, -0.05) is 16.8 Å². The molecule has 0 aliphatic rings. The first-order chi connectivity index (χ1) is 9.06. The van der Waals surface area contributed by atoms with Crippen LogP contribution in [0.4, 0.5) is 0 Å². The van der Waals surface area contributed by atoms with Gasteiger partial charge in [0, 0.05) is 40.8 Å². The first kappa shape index (κ1) is 11.8. The Hall–Kier alpha value is -2.27. The van der Waals surface area contributed by atoms with E-state index < -0.39 is 5.97 Å². The molecule has 0 aliphatic heterocycles. The van der Waals surface area contributed by atoms with E-state index in [4.69, 9.17) is 21.2 Å². The number of hydrogen-bond donors (Lipinski definition) is 1. The normalized spacial score (nSPS) is 11.1. The number of aromatic carboxylic acids is 1. The Morgan fingerprint density at radius 3 is 2.89 bits per heavy atom. The molecule has 0 spiro atoms. The van der Waals surface area contributed by atoms with Crippen LogP contribution < -0.4 is 0 Å². The maximum atomic E-state index is 10.8. The smallest absolute Gasteiger partial charge is 0.358 e. The lowest BCUT2D eigenvalue weighted by Gasteiger charge is -1.96. The molecular formula is C13H9ClN2O3. The predicted octanol–water partition coefficient (Wildman–Crippen LogP) is 3.18. The molecular weight excluding hydrogens is 268 g/mol. The number of aryl methyl sites for hydroxylation is 1. The van der Waals surface area contributed by atoms with Gasteiger partial charge in [-0.15, -0.1) is 0 Å². The van der Waals surface area contributed by atoms with E-state index in [-0.39, 0.29) is 5.69 Å². The average Bonchev–Trinajstić information content (AvgIpc) is 2.94. The van der Waals surface area contributed by atoms with Crippen LogP contribution in [-0.2, 0) is 7.05 Å². The van der Waals surface area contributed by atoms with Crippen molar-refractivity contribution in [3.63, 3.8) is 0 Å². The summed E-state index contributed by atoms with van der Waals surface area (Å²) < 4.78 is 7.01. The van der Waals surface area contributed by atoms with Gasteiger partial charge >= 0.3 is 5.97 Å². The van der Waals surface area contributed by atoms with Crippen molar-refractivity contribution in [2.75, 3.05) is 0 Å². The van der Waals surface area contributed by atoms with E-state index in [1.165, 1.54) is 6.07 Å². The molecule has 0 saturated carbocycles. The summed E-state index contributed by atoms with van der Waals surface area (Å²) in [6, 6.07) is 6.92. The van der Waals surface area contributed by atoms with E-state index in [9.17, 15) is 4.79 Å². The van der Waals surface area contributed by atoms with Crippen LogP contribution in [0.5, 0.6) is 0 Å². The molecule has 6 heteroatoms. The van der Waals surface area contributed by atoms with Crippen LogP contribution in [0, 0.1) is 0 Å². The molecule has 0 aliphatic carbocycles. The zero-order chi connectivity index (χ0) is 13.6. The summed E-state index contributed by atoms with van der Waals surface area (Å²) in [6.07, 6.45) is 1.85. The molecule has 5 nitrogen and oxygen atoms in total. The van der Waals surface area contributed by atoms with Gasteiger partial charge in [-0.05, 0) is 18.2 Å². The molecule has 3 rings (SSSR count). The van der Waals surface area contributed by atoms with Crippen LogP contribution in [-0.4, -0.2) is 20.8 Å². The fraction of sp³-hybridized carbons (Fsp3) is 0.0769. The van der Waals surface area contributed by atoms with Crippen LogP contribution in [0.25, 0.3) is 22.2 Å². The van der Waals surface area contributed by atoms with Crippen LogP contribution >= 0.6 is 11.6 Å². The zero-order valence-electron chi connectivity index (χ0n) is 9.92. The highest BCUT2D eigenvalue weighted by Crippen LogP contribution is 2.32. The molecule has 2 heterocycles. The molecule has 0 fully saturated rings. The first-order valence-corrected chi connectivity index (χ1v) is 5.89. The van der Waals surface area contributed by atoms with Crippen LogP contribution in [0.2, 0.25) is 5.02 Å². The summed E-state index contributed by atoms with van der Waals surface area (Å²) >= 11 is 5.99. The van der Waals surface area contributed by atoms with Gasteiger partial charge in [0.15, 0.2) is 11.5 Å². The summed E-state index contributed by atoms with van der Waals surface area (Å²) in [5.41, 5.74) is 1.63. The zero-order valence-corrected chi connectivity index (χ0v) is 10.7. The summed E-state index contributed by atoms with van der Waals surface area (Å²) in [5.74, 6) is -0.710. The van der Waals surface area contributed by atoms with Crippen molar-refractivity contribution in [3.8, 4) is 11.3 Å². The highest BCUT2D eigenvalue weighted by atomic mass is 35.5. The standard InChI is InChI=1S/C13H9ClN2O3/c1-16-6-9(8-4-7(14)2-3-11(8)16)12-5-10(13(17)18)15-19-12/h2-6H,1H3,(H,17,18). The van der Waals surface area contributed by atoms with Crippen molar-refractivity contribution < 1.29 is 14.4 Å². The van der Waals surface area contributed by atoms with Gasteiger partial charge in [0.05, 0.1) is 0 Å². The second-order valence-corrected chi connectivity index (χ2v) is 4.63. The Balaban J connectivity index is 2.23. The fourth-order valence-corrected chi connectivity index (χ4v) is 2.24. The van der Waals surface area contributed by atoms with Crippen LogP contribution in [0.1, 0.15) is 10.5 Å². The third kappa shape index (κ3) is 1.88. The summed E-state index contributed by atoms with van der Waals surface area (Å²) in [6.45, 7) is 0. The molecule has 3 aromatic rings. The van der Waals surface area contributed by atoms with E-state index in [1.54, 1.807) is 6.07 Å². The maximum Gasteiger partial charge on any atom is 0.358 e. The van der Waals surface area contributed by atoms with Gasteiger partial charge in [-0.2, -0.15) is 0 Å². The third-order valence-corrected chi connectivity index (χ3v) is 3.18. The second kappa shape index (κ2) is 4.13. The molecule has 0 bridgehead atoms. The number of carbonyl (C=O) groups is 1. The molecule has 0 saturated heterocycles. The molecule has 0 unspecified atom stereocenters. The van der Waals surface area contributed by atoms with E-state index in [1.807, 2.05) is 29.9 Å². The summed E-state index contributed by atoms with van der Waals surface area (Å²) in [7, 11) is 1.90. The topological polar surface area (TPSA) is 68.3 Å². The molecule has 96 valence electrons. The van der Waals surface area contributed by atoms with Gasteiger partial charge in [-0.25, -0.2) is 4.79 Å². The Bertz CT molecular complexity index is 788. The quantitative estimate of drug-likeness (QED) is 0.780. The number of halogens is 1. The number of fused-ring (bicyclic) bond motifs is 1. The van der Waals surface area contributed by atoms with Crippen molar-refractivity contribution >= 4 is 28.5 Å². The lowest BCUT2D eigenvalue weighted by atomic mass is 10.1. The lowest BCUT2D eigenvalue weighted by Crippen LogP contribution is -1.94. The van der Waals surface area contributed by atoms with Crippen LogP contribution in [0.15, 0.2) is 35.0 Å². The number of aromatic nitrogens is 2. The van der Waals surface area contributed by atoms with Crippen molar-refractivity contribution in [2.24, 2.45) is 7.05 Å². The summed E-state index contributed by atoms with van der Waals surface area (Å²) in [5, 5.41) is 13.9. The Morgan fingerprint density at radius 1 is 1.42 bits per heavy atom. The third-order valence-electron chi connectivity index (χ3n) is 2.95. The minimum absolute atomic E-state index is 0.117. The van der Waals surface area contributed by atoms with Gasteiger partial charge in [0.1, 0.15) is 0 Å². The van der Waals surface area contributed by atoms with Crippen molar-refractivity contribution in [1.82, 2.24) is 9.72 Å². The summed E-state index contributed by atoms with van der Waals surface area (Å²) in [4.78, 5) is 10.8. The SMILES string of the molecule is Cn1cc(-c2cc(C(=O)O)no2)c2cc(Cl)ccc21. The number of carboxylic acids is 1. The van der Waals surface area contributed by atoms with Crippen molar-refractivity contribution in [3.05, 3.63) is 41.2 Å². The van der Waals surface area contributed by atoms with Gasteiger partial charge in [0.25, 0.3) is 0 Å². The molecule has 19 heavy (non-hydrogen) atoms. The minimum Gasteiger partial charge on any atom is -0.476 e. The number of carboxylic acid groups (broad SMARTS) is 1. The van der Waals surface area contributed by atoms with E-state index in [0.29, 0.717) is 10.8 Å². The Kier molecular flexibility index (Phi) is 2.57. The van der Waals surface area contributed by atoms with Crippen molar-refractivity contribution in [1.29, 1.82) is 0 Å². The average molecular weight is 277 g/mol.